The van der Waals surface area contributed by atoms with Crippen molar-refractivity contribution >= 4 is 11.9 Å². The summed E-state index contributed by atoms with van der Waals surface area (Å²) in [5.74, 6) is -2.68. The first-order valence-corrected chi connectivity index (χ1v) is 9.91. The van der Waals surface area contributed by atoms with Gasteiger partial charge in [-0.05, 0) is 70.6 Å². The Morgan fingerprint density at radius 1 is 0.680 bits per heavy atom. The zero-order valence-corrected chi connectivity index (χ0v) is 15.5. The summed E-state index contributed by atoms with van der Waals surface area (Å²) in [6, 6.07) is 1.85. The van der Waals surface area contributed by atoms with Gasteiger partial charge in [0.25, 0.3) is 0 Å². The molecule has 0 amide bonds. The van der Waals surface area contributed by atoms with Crippen molar-refractivity contribution in [2.24, 2.45) is 5.92 Å². The molecule has 1 saturated carbocycles. The van der Waals surface area contributed by atoms with Crippen molar-refractivity contribution in [1.29, 1.82) is 0 Å². The van der Waals surface area contributed by atoms with Crippen LogP contribution in [0.4, 0.5) is 0 Å². The van der Waals surface area contributed by atoms with Gasteiger partial charge in [-0.3, -0.25) is 0 Å². The van der Waals surface area contributed by atoms with E-state index in [4.69, 9.17) is 19.8 Å². The molecule has 1 aliphatic carbocycles. The van der Waals surface area contributed by atoms with E-state index in [0.717, 1.165) is 18.0 Å². The molecular weight excluding hydrogens is 320 g/mol. The lowest BCUT2D eigenvalue weighted by Crippen LogP contribution is -2.50. The Morgan fingerprint density at radius 3 is 1.52 bits per heavy atom. The summed E-state index contributed by atoms with van der Waals surface area (Å²) in [5.41, 5.74) is 0. The van der Waals surface area contributed by atoms with Gasteiger partial charge in [0.15, 0.2) is 0 Å². The quantitative estimate of drug-likeness (QED) is 0.742. The van der Waals surface area contributed by atoms with Crippen LogP contribution in [0.15, 0.2) is 0 Å². The van der Waals surface area contributed by atoms with Gasteiger partial charge in [-0.1, -0.05) is 26.2 Å². The second-order valence-corrected chi connectivity index (χ2v) is 7.89. The van der Waals surface area contributed by atoms with Crippen LogP contribution in [0.2, 0.25) is 0 Å². The minimum atomic E-state index is -1.82. The van der Waals surface area contributed by atoms with Crippen LogP contribution in [0, 0.1) is 5.92 Å². The molecule has 144 valence electrons. The van der Waals surface area contributed by atoms with Crippen molar-refractivity contribution in [3.05, 3.63) is 0 Å². The number of rotatable bonds is 2. The Kier molecular flexibility index (Phi) is 8.16. The molecule has 25 heavy (non-hydrogen) atoms. The highest BCUT2D eigenvalue weighted by atomic mass is 16.4. The summed E-state index contributed by atoms with van der Waals surface area (Å²) in [7, 11) is 0. The third-order valence-corrected chi connectivity index (χ3v) is 6.11. The monoisotopic (exact) mass is 354 g/mol. The minimum Gasteiger partial charge on any atom is -0.473 e. The van der Waals surface area contributed by atoms with E-state index in [2.05, 4.69) is 16.7 Å². The first-order valence-electron chi connectivity index (χ1n) is 9.91. The number of carbonyl (C=O) groups is 2. The summed E-state index contributed by atoms with van der Waals surface area (Å²) in [6.07, 6.45) is 13.1. The van der Waals surface area contributed by atoms with Crippen LogP contribution in [0.3, 0.4) is 0 Å². The maximum Gasteiger partial charge on any atom is 0.414 e. The molecule has 2 aliphatic heterocycles. The zero-order valence-electron chi connectivity index (χ0n) is 15.5. The Balaban J connectivity index is 0.000000326. The molecule has 3 rings (SSSR count). The van der Waals surface area contributed by atoms with Gasteiger partial charge < -0.3 is 20.0 Å². The number of aliphatic carboxylic acids is 2. The summed E-state index contributed by atoms with van der Waals surface area (Å²) in [5, 5.41) is 14.8. The topological polar surface area (TPSA) is 81.1 Å². The summed E-state index contributed by atoms with van der Waals surface area (Å²) >= 11 is 0. The predicted molar refractivity (Wildman–Crippen MR) is 96.7 cm³/mol. The molecule has 0 aromatic carbocycles. The van der Waals surface area contributed by atoms with Gasteiger partial charge in [-0.2, -0.15) is 0 Å². The third kappa shape index (κ3) is 6.59. The Morgan fingerprint density at radius 2 is 1.08 bits per heavy atom. The van der Waals surface area contributed by atoms with Gasteiger partial charge >= 0.3 is 11.9 Å². The molecular formula is C19H34N2O4. The van der Waals surface area contributed by atoms with Crippen LogP contribution < -0.4 is 0 Å². The molecule has 0 aromatic rings. The highest BCUT2D eigenvalue weighted by molar-refractivity contribution is 6.27. The number of hydrogen-bond acceptors (Lipinski definition) is 4. The highest BCUT2D eigenvalue weighted by Gasteiger charge is 2.30. The van der Waals surface area contributed by atoms with Crippen molar-refractivity contribution in [2.45, 2.75) is 76.8 Å². The largest absolute Gasteiger partial charge is 0.473 e. The number of piperidine rings is 2. The molecule has 0 unspecified atom stereocenters. The molecule has 0 aromatic heterocycles. The normalized spacial score (nSPS) is 25.2. The van der Waals surface area contributed by atoms with Crippen LogP contribution in [0.5, 0.6) is 0 Å². The Hall–Kier alpha value is -1.14. The van der Waals surface area contributed by atoms with E-state index >= 15 is 0 Å². The molecule has 6 heteroatoms. The van der Waals surface area contributed by atoms with E-state index in [-0.39, 0.29) is 0 Å². The van der Waals surface area contributed by atoms with Crippen LogP contribution >= 0.6 is 0 Å². The average Bonchev–Trinajstić information content (AvgIpc) is 2.64. The van der Waals surface area contributed by atoms with Crippen LogP contribution in [-0.2, 0) is 9.59 Å². The van der Waals surface area contributed by atoms with Crippen LogP contribution in [-0.4, -0.2) is 70.2 Å². The maximum absolute atomic E-state index is 9.10. The fourth-order valence-electron chi connectivity index (χ4n) is 4.46. The lowest BCUT2D eigenvalue weighted by Gasteiger charge is -2.44. The second kappa shape index (κ2) is 10.1. The number of carboxylic acid groups (broad SMARTS) is 2. The molecule has 2 heterocycles. The van der Waals surface area contributed by atoms with Gasteiger partial charge in [-0.15, -0.1) is 0 Å². The Bertz CT molecular complexity index is 409. The van der Waals surface area contributed by atoms with Gasteiger partial charge in [0.05, 0.1) is 0 Å². The molecule has 2 saturated heterocycles. The smallest absolute Gasteiger partial charge is 0.414 e. The zero-order chi connectivity index (χ0) is 18.2. The van der Waals surface area contributed by atoms with E-state index < -0.39 is 11.9 Å². The molecule has 3 aliphatic rings. The third-order valence-electron chi connectivity index (χ3n) is 6.11. The Labute approximate surface area is 151 Å². The maximum atomic E-state index is 9.10. The van der Waals surface area contributed by atoms with Crippen molar-refractivity contribution < 1.29 is 19.8 Å². The number of nitrogens with zero attached hydrogens (tertiary/aromatic N) is 2. The van der Waals surface area contributed by atoms with Gasteiger partial charge in [-0.25, -0.2) is 9.59 Å². The lowest BCUT2D eigenvalue weighted by atomic mass is 9.91. The van der Waals surface area contributed by atoms with Crippen molar-refractivity contribution in [1.82, 2.24) is 9.80 Å². The molecule has 0 spiro atoms. The van der Waals surface area contributed by atoms with E-state index in [1.54, 1.807) is 0 Å². The standard InChI is InChI=1S/C17H32N2.C2H2O4/c1-15-7-11-18(12-8-15)17-9-13-19(14-10-17)16-5-3-2-4-6-16;3-1(4)2(5)6/h15-17H,2-14H2,1H3;(H,3,4)(H,5,6). The second-order valence-electron chi connectivity index (χ2n) is 7.89. The highest BCUT2D eigenvalue weighted by Crippen LogP contribution is 2.28. The molecule has 0 radical (unpaired) electrons. The SMILES string of the molecule is CC1CCN(C2CCN(C3CCCCC3)CC2)CC1.O=C(O)C(=O)O. The number of hydrogen-bond donors (Lipinski definition) is 2. The van der Waals surface area contributed by atoms with Gasteiger partial charge in [0.1, 0.15) is 0 Å². The summed E-state index contributed by atoms with van der Waals surface area (Å²) < 4.78 is 0. The fourth-order valence-corrected chi connectivity index (χ4v) is 4.46. The number of likely N-dealkylation sites (tertiary alicyclic amines) is 2. The molecule has 2 N–H and O–H groups in total. The van der Waals surface area contributed by atoms with E-state index in [9.17, 15) is 0 Å². The van der Waals surface area contributed by atoms with Gasteiger partial charge in [0, 0.05) is 12.1 Å². The van der Waals surface area contributed by atoms with Crippen molar-refractivity contribution in [2.75, 3.05) is 26.2 Å². The molecule has 0 atom stereocenters. The fraction of sp³-hybridized carbons (Fsp3) is 0.895. The van der Waals surface area contributed by atoms with Crippen LogP contribution in [0.1, 0.15) is 64.7 Å². The molecule has 3 fully saturated rings. The predicted octanol–water partition coefficient (Wildman–Crippen LogP) is 2.67. The summed E-state index contributed by atoms with van der Waals surface area (Å²) in [6.45, 7) is 7.91. The minimum absolute atomic E-state index is 0.910. The average molecular weight is 354 g/mol. The van der Waals surface area contributed by atoms with Crippen LogP contribution in [0.25, 0.3) is 0 Å². The van der Waals surface area contributed by atoms with E-state index in [1.807, 2.05) is 0 Å². The van der Waals surface area contributed by atoms with E-state index in [1.165, 1.54) is 84.0 Å². The van der Waals surface area contributed by atoms with E-state index in [0.29, 0.717) is 0 Å². The first-order chi connectivity index (χ1) is 12.0. The lowest BCUT2D eigenvalue weighted by molar-refractivity contribution is -0.159. The van der Waals surface area contributed by atoms with Crippen molar-refractivity contribution in [3.63, 3.8) is 0 Å². The first kappa shape index (κ1) is 20.2. The molecule has 6 nitrogen and oxygen atoms in total. The number of carboxylic acids is 2. The van der Waals surface area contributed by atoms with Gasteiger partial charge in [0.2, 0.25) is 0 Å². The molecule has 0 bridgehead atoms. The van der Waals surface area contributed by atoms with Crippen molar-refractivity contribution in [3.8, 4) is 0 Å². The summed E-state index contributed by atoms with van der Waals surface area (Å²) in [4.78, 5) is 23.8.